The van der Waals surface area contributed by atoms with Gasteiger partial charge in [0, 0.05) is 12.6 Å². The SMILES string of the molecule is COc1cc(CNC2CCc3cc(F)ccc32)ccc1OCc1c(C)noc1C. The van der Waals surface area contributed by atoms with Gasteiger partial charge in [-0.15, -0.1) is 0 Å². The molecule has 2 aromatic carbocycles. The number of hydrogen-bond donors (Lipinski definition) is 1. The van der Waals surface area contributed by atoms with Gasteiger partial charge >= 0.3 is 0 Å². The highest BCUT2D eigenvalue weighted by molar-refractivity contribution is 5.43. The number of nitrogens with one attached hydrogen (secondary N) is 1. The molecule has 4 rings (SSSR count). The summed E-state index contributed by atoms with van der Waals surface area (Å²) in [6, 6.07) is 11.2. The van der Waals surface area contributed by atoms with Gasteiger partial charge in [-0.2, -0.15) is 0 Å². The Labute approximate surface area is 169 Å². The summed E-state index contributed by atoms with van der Waals surface area (Å²) in [6.45, 7) is 4.85. The van der Waals surface area contributed by atoms with E-state index in [4.69, 9.17) is 14.0 Å². The highest BCUT2D eigenvalue weighted by Crippen LogP contribution is 2.33. The zero-order chi connectivity index (χ0) is 20.4. The Morgan fingerprint density at radius 3 is 2.79 bits per heavy atom. The average Bonchev–Trinajstić information content (AvgIpc) is 3.27. The minimum absolute atomic E-state index is 0.165. The van der Waals surface area contributed by atoms with Crippen molar-refractivity contribution in [1.29, 1.82) is 0 Å². The van der Waals surface area contributed by atoms with Gasteiger partial charge in [0.1, 0.15) is 18.2 Å². The first-order valence-electron chi connectivity index (χ1n) is 9.78. The Morgan fingerprint density at radius 1 is 1.17 bits per heavy atom. The van der Waals surface area contributed by atoms with Crippen molar-refractivity contribution in [1.82, 2.24) is 10.5 Å². The van der Waals surface area contributed by atoms with Gasteiger partial charge < -0.3 is 19.3 Å². The minimum Gasteiger partial charge on any atom is -0.493 e. The average molecular weight is 396 g/mol. The number of aromatic nitrogens is 1. The molecule has 0 saturated carbocycles. The summed E-state index contributed by atoms with van der Waals surface area (Å²) in [6.07, 6.45) is 1.89. The first kappa shape index (κ1) is 19.5. The fraction of sp³-hybridized carbons (Fsp3) is 0.348. The van der Waals surface area contributed by atoms with Gasteiger partial charge in [-0.1, -0.05) is 17.3 Å². The Bertz CT molecular complexity index is 996. The molecule has 1 N–H and O–H groups in total. The van der Waals surface area contributed by atoms with Crippen LogP contribution in [0.4, 0.5) is 4.39 Å². The second kappa shape index (κ2) is 8.25. The Balaban J connectivity index is 1.41. The highest BCUT2D eigenvalue weighted by atomic mass is 19.1. The Morgan fingerprint density at radius 2 is 2.03 bits per heavy atom. The lowest BCUT2D eigenvalue weighted by Gasteiger charge is -2.16. The number of benzene rings is 2. The van der Waals surface area contributed by atoms with E-state index in [-0.39, 0.29) is 11.9 Å². The highest BCUT2D eigenvalue weighted by Gasteiger charge is 2.22. The molecular weight excluding hydrogens is 371 g/mol. The number of ether oxygens (including phenoxy) is 2. The standard InChI is InChI=1S/C23H25FN2O3/c1-14-20(15(2)29-26-14)13-28-22-9-4-16(10-23(22)27-3)12-25-21-8-5-17-11-18(24)6-7-19(17)21/h4,6-7,9-11,21,25H,5,8,12-13H2,1-3H3. The van der Waals surface area contributed by atoms with E-state index in [1.165, 1.54) is 11.6 Å². The normalized spacial score (nSPS) is 15.4. The van der Waals surface area contributed by atoms with E-state index in [1.54, 1.807) is 13.2 Å². The Kier molecular flexibility index (Phi) is 5.53. The molecule has 1 unspecified atom stereocenters. The van der Waals surface area contributed by atoms with Crippen molar-refractivity contribution in [3.8, 4) is 11.5 Å². The summed E-state index contributed by atoms with van der Waals surface area (Å²) in [5.74, 6) is 1.96. The molecule has 1 heterocycles. The van der Waals surface area contributed by atoms with Gasteiger partial charge in [0.25, 0.3) is 0 Å². The number of aryl methyl sites for hydroxylation is 3. The van der Waals surface area contributed by atoms with Crippen molar-refractivity contribution in [3.05, 3.63) is 75.9 Å². The van der Waals surface area contributed by atoms with E-state index in [0.717, 1.165) is 41.0 Å². The molecule has 5 nitrogen and oxygen atoms in total. The first-order chi connectivity index (χ1) is 14.0. The quantitative estimate of drug-likeness (QED) is 0.622. The maximum atomic E-state index is 13.4. The molecule has 1 atom stereocenters. The molecule has 6 heteroatoms. The van der Waals surface area contributed by atoms with Crippen LogP contribution in [0.5, 0.6) is 11.5 Å². The van der Waals surface area contributed by atoms with E-state index in [9.17, 15) is 4.39 Å². The van der Waals surface area contributed by atoms with E-state index < -0.39 is 0 Å². The molecule has 0 amide bonds. The summed E-state index contributed by atoms with van der Waals surface area (Å²) in [4.78, 5) is 0. The molecule has 1 aliphatic rings. The molecule has 152 valence electrons. The van der Waals surface area contributed by atoms with Crippen LogP contribution >= 0.6 is 0 Å². The van der Waals surface area contributed by atoms with Gasteiger partial charge in [0.15, 0.2) is 11.5 Å². The van der Waals surface area contributed by atoms with Crippen LogP contribution in [0, 0.1) is 19.7 Å². The van der Waals surface area contributed by atoms with Crippen molar-refractivity contribution >= 4 is 0 Å². The third-order valence-electron chi connectivity index (χ3n) is 5.52. The summed E-state index contributed by atoms with van der Waals surface area (Å²) in [5, 5.41) is 7.53. The van der Waals surface area contributed by atoms with Gasteiger partial charge in [-0.05, 0) is 67.6 Å². The molecule has 1 aromatic heterocycles. The number of halogens is 1. The molecule has 0 radical (unpaired) electrons. The van der Waals surface area contributed by atoms with Crippen molar-refractivity contribution in [2.75, 3.05) is 7.11 Å². The van der Waals surface area contributed by atoms with Crippen molar-refractivity contribution in [3.63, 3.8) is 0 Å². The maximum Gasteiger partial charge on any atom is 0.161 e. The summed E-state index contributed by atoms with van der Waals surface area (Å²) >= 11 is 0. The molecule has 0 saturated heterocycles. The van der Waals surface area contributed by atoms with Crippen molar-refractivity contribution in [2.24, 2.45) is 0 Å². The third-order valence-corrected chi connectivity index (χ3v) is 5.52. The zero-order valence-electron chi connectivity index (χ0n) is 16.9. The zero-order valence-corrected chi connectivity index (χ0v) is 16.9. The lowest BCUT2D eigenvalue weighted by atomic mass is 10.1. The molecule has 29 heavy (non-hydrogen) atoms. The van der Waals surface area contributed by atoms with Gasteiger partial charge in [0.05, 0.1) is 18.4 Å². The second-order valence-electron chi connectivity index (χ2n) is 7.39. The molecule has 0 spiro atoms. The topological polar surface area (TPSA) is 56.5 Å². The fourth-order valence-corrected chi connectivity index (χ4v) is 3.84. The first-order valence-corrected chi connectivity index (χ1v) is 9.78. The monoisotopic (exact) mass is 396 g/mol. The lowest BCUT2D eigenvalue weighted by Crippen LogP contribution is -2.18. The van der Waals surface area contributed by atoms with Gasteiger partial charge in [-0.25, -0.2) is 4.39 Å². The van der Waals surface area contributed by atoms with Crippen LogP contribution in [0.25, 0.3) is 0 Å². The van der Waals surface area contributed by atoms with Gasteiger partial charge in [0.2, 0.25) is 0 Å². The van der Waals surface area contributed by atoms with Crippen LogP contribution in [0.3, 0.4) is 0 Å². The lowest BCUT2D eigenvalue weighted by molar-refractivity contribution is 0.281. The predicted molar refractivity (Wildman–Crippen MR) is 108 cm³/mol. The summed E-state index contributed by atoms with van der Waals surface area (Å²) in [7, 11) is 1.64. The third kappa shape index (κ3) is 4.12. The van der Waals surface area contributed by atoms with Crippen LogP contribution in [-0.4, -0.2) is 12.3 Å². The summed E-state index contributed by atoms with van der Waals surface area (Å²) < 4.78 is 30.1. The molecule has 0 aliphatic heterocycles. The number of rotatable bonds is 7. The maximum absolute atomic E-state index is 13.4. The van der Waals surface area contributed by atoms with Gasteiger partial charge in [-0.3, -0.25) is 0 Å². The van der Waals surface area contributed by atoms with Crippen LogP contribution in [-0.2, 0) is 19.6 Å². The van der Waals surface area contributed by atoms with E-state index in [0.29, 0.717) is 24.7 Å². The minimum atomic E-state index is -0.165. The number of methoxy groups -OCH3 is 1. The Hall–Kier alpha value is -2.86. The van der Waals surface area contributed by atoms with Crippen LogP contribution in [0.2, 0.25) is 0 Å². The van der Waals surface area contributed by atoms with Crippen molar-refractivity contribution in [2.45, 2.75) is 45.9 Å². The molecular formula is C23H25FN2O3. The van der Waals surface area contributed by atoms with Crippen molar-refractivity contribution < 1.29 is 18.4 Å². The second-order valence-corrected chi connectivity index (χ2v) is 7.39. The van der Waals surface area contributed by atoms with Crippen LogP contribution in [0.1, 0.15) is 46.2 Å². The molecule has 0 bridgehead atoms. The smallest absolute Gasteiger partial charge is 0.161 e. The van der Waals surface area contributed by atoms with E-state index >= 15 is 0 Å². The van der Waals surface area contributed by atoms with E-state index in [1.807, 2.05) is 38.1 Å². The molecule has 1 aliphatic carbocycles. The fourth-order valence-electron chi connectivity index (χ4n) is 3.84. The number of fused-ring (bicyclic) bond motifs is 1. The van der Waals surface area contributed by atoms with E-state index in [2.05, 4.69) is 10.5 Å². The number of nitrogens with zero attached hydrogens (tertiary/aromatic N) is 1. The molecule has 0 fully saturated rings. The molecule has 3 aromatic rings. The largest absolute Gasteiger partial charge is 0.493 e. The summed E-state index contributed by atoms with van der Waals surface area (Å²) in [5.41, 5.74) is 5.18. The predicted octanol–water partition coefficient (Wildman–Crippen LogP) is 4.80. The number of hydrogen-bond acceptors (Lipinski definition) is 5. The van der Waals surface area contributed by atoms with Crippen LogP contribution < -0.4 is 14.8 Å². The van der Waals surface area contributed by atoms with Crippen LogP contribution in [0.15, 0.2) is 40.9 Å².